The number of amides is 2. The van der Waals surface area contributed by atoms with Gasteiger partial charge in [-0.05, 0) is 18.1 Å². The standard InChI is InChI=1S/C18H24N2O2/c1-2-3-9-17(21)19-12-14-20(15-13-19)18(22)11-10-16-7-5-4-6-8-16/h4-8,10-11H,2-3,9,12-15H2,1H3/b11-10+. The van der Waals surface area contributed by atoms with Crippen molar-refractivity contribution in [1.82, 2.24) is 9.80 Å². The maximum absolute atomic E-state index is 12.2. The molecule has 0 spiro atoms. The van der Waals surface area contributed by atoms with E-state index in [0.29, 0.717) is 32.6 Å². The Balaban J connectivity index is 1.80. The fraction of sp³-hybridized carbons (Fsp3) is 0.444. The molecule has 1 aromatic rings. The third-order valence-corrected chi connectivity index (χ3v) is 3.91. The summed E-state index contributed by atoms with van der Waals surface area (Å²) in [5.41, 5.74) is 1.02. The van der Waals surface area contributed by atoms with Crippen molar-refractivity contribution < 1.29 is 9.59 Å². The van der Waals surface area contributed by atoms with Gasteiger partial charge in [-0.3, -0.25) is 9.59 Å². The number of rotatable bonds is 5. The van der Waals surface area contributed by atoms with Crippen LogP contribution in [0.15, 0.2) is 36.4 Å². The molecule has 0 aliphatic carbocycles. The number of unbranched alkanes of at least 4 members (excludes halogenated alkanes) is 1. The van der Waals surface area contributed by atoms with E-state index in [1.807, 2.05) is 46.2 Å². The second-order valence-electron chi connectivity index (χ2n) is 5.55. The zero-order valence-corrected chi connectivity index (χ0v) is 13.2. The molecule has 1 heterocycles. The highest BCUT2D eigenvalue weighted by Crippen LogP contribution is 2.08. The number of carbonyl (C=O) groups excluding carboxylic acids is 2. The molecule has 4 heteroatoms. The van der Waals surface area contributed by atoms with Gasteiger partial charge in [-0.2, -0.15) is 0 Å². The summed E-state index contributed by atoms with van der Waals surface area (Å²) in [5, 5.41) is 0. The van der Waals surface area contributed by atoms with Crippen molar-refractivity contribution in [3.8, 4) is 0 Å². The Hall–Kier alpha value is -2.10. The van der Waals surface area contributed by atoms with E-state index >= 15 is 0 Å². The molecule has 0 unspecified atom stereocenters. The molecule has 4 nitrogen and oxygen atoms in total. The highest BCUT2D eigenvalue weighted by molar-refractivity contribution is 5.92. The minimum absolute atomic E-state index is 0.0181. The molecule has 118 valence electrons. The number of hydrogen-bond acceptors (Lipinski definition) is 2. The SMILES string of the molecule is CCCCC(=O)N1CCN(C(=O)/C=C/c2ccccc2)CC1. The molecule has 22 heavy (non-hydrogen) atoms. The molecule has 0 aromatic heterocycles. The molecule has 1 aliphatic rings. The number of carbonyl (C=O) groups is 2. The van der Waals surface area contributed by atoms with Gasteiger partial charge in [0.15, 0.2) is 0 Å². The minimum Gasteiger partial charge on any atom is -0.339 e. The van der Waals surface area contributed by atoms with Gasteiger partial charge in [-0.15, -0.1) is 0 Å². The Kier molecular flexibility index (Phi) is 6.19. The molecule has 0 bridgehead atoms. The lowest BCUT2D eigenvalue weighted by atomic mass is 10.2. The molecule has 1 aliphatic heterocycles. The van der Waals surface area contributed by atoms with Crippen LogP contribution >= 0.6 is 0 Å². The first kappa shape index (κ1) is 16.3. The van der Waals surface area contributed by atoms with Crippen molar-refractivity contribution in [3.63, 3.8) is 0 Å². The van der Waals surface area contributed by atoms with E-state index in [0.717, 1.165) is 18.4 Å². The smallest absolute Gasteiger partial charge is 0.246 e. The molecule has 1 fully saturated rings. The van der Waals surface area contributed by atoms with Crippen LogP contribution in [0.5, 0.6) is 0 Å². The summed E-state index contributed by atoms with van der Waals surface area (Å²) in [5.74, 6) is 0.235. The summed E-state index contributed by atoms with van der Waals surface area (Å²) < 4.78 is 0. The fourth-order valence-corrected chi connectivity index (χ4v) is 2.50. The summed E-state index contributed by atoms with van der Waals surface area (Å²) in [4.78, 5) is 27.8. The minimum atomic E-state index is 0.0181. The van der Waals surface area contributed by atoms with Crippen molar-refractivity contribution in [2.45, 2.75) is 26.2 Å². The van der Waals surface area contributed by atoms with Crippen LogP contribution in [0, 0.1) is 0 Å². The molecule has 2 amide bonds. The van der Waals surface area contributed by atoms with Crippen molar-refractivity contribution in [2.75, 3.05) is 26.2 Å². The lowest BCUT2D eigenvalue weighted by molar-refractivity contribution is -0.137. The fourth-order valence-electron chi connectivity index (χ4n) is 2.50. The highest BCUT2D eigenvalue weighted by atomic mass is 16.2. The molecular formula is C18H24N2O2. The van der Waals surface area contributed by atoms with Crippen LogP contribution < -0.4 is 0 Å². The first-order valence-electron chi connectivity index (χ1n) is 8.00. The average Bonchev–Trinajstić information content (AvgIpc) is 2.58. The Labute approximate surface area is 132 Å². The van der Waals surface area contributed by atoms with Gasteiger partial charge >= 0.3 is 0 Å². The maximum Gasteiger partial charge on any atom is 0.246 e. The quantitative estimate of drug-likeness (QED) is 0.784. The van der Waals surface area contributed by atoms with Crippen LogP contribution in [-0.2, 0) is 9.59 Å². The van der Waals surface area contributed by atoms with E-state index in [4.69, 9.17) is 0 Å². The normalized spacial score (nSPS) is 15.3. The van der Waals surface area contributed by atoms with E-state index in [9.17, 15) is 9.59 Å². The second kappa shape index (κ2) is 8.37. The second-order valence-corrected chi connectivity index (χ2v) is 5.55. The topological polar surface area (TPSA) is 40.6 Å². The predicted octanol–water partition coefficient (Wildman–Crippen LogP) is 2.56. The third-order valence-electron chi connectivity index (χ3n) is 3.91. The lowest BCUT2D eigenvalue weighted by Gasteiger charge is -2.34. The van der Waals surface area contributed by atoms with E-state index in [1.54, 1.807) is 6.08 Å². The van der Waals surface area contributed by atoms with Gasteiger partial charge < -0.3 is 9.80 Å². The molecular weight excluding hydrogens is 276 g/mol. The van der Waals surface area contributed by atoms with Gasteiger partial charge in [-0.1, -0.05) is 43.7 Å². The Morgan fingerprint density at radius 1 is 1.05 bits per heavy atom. The molecule has 0 N–H and O–H groups in total. The van der Waals surface area contributed by atoms with Crippen LogP contribution in [0.25, 0.3) is 6.08 Å². The van der Waals surface area contributed by atoms with Gasteiger partial charge in [0.2, 0.25) is 11.8 Å². The van der Waals surface area contributed by atoms with Crippen LogP contribution in [0.1, 0.15) is 31.7 Å². The van der Waals surface area contributed by atoms with Gasteiger partial charge in [0.25, 0.3) is 0 Å². The molecule has 0 radical (unpaired) electrons. The predicted molar refractivity (Wildman–Crippen MR) is 88.2 cm³/mol. The molecule has 1 saturated heterocycles. The first-order chi connectivity index (χ1) is 10.7. The van der Waals surface area contributed by atoms with Crippen LogP contribution in [-0.4, -0.2) is 47.8 Å². The maximum atomic E-state index is 12.2. The van der Waals surface area contributed by atoms with E-state index in [2.05, 4.69) is 6.92 Å². The van der Waals surface area contributed by atoms with Crippen molar-refractivity contribution in [1.29, 1.82) is 0 Å². The van der Waals surface area contributed by atoms with Crippen molar-refractivity contribution >= 4 is 17.9 Å². The van der Waals surface area contributed by atoms with Gasteiger partial charge in [0, 0.05) is 38.7 Å². The van der Waals surface area contributed by atoms with Crippen molar-refractivity contribution in [2.24, 2.45) is 0 Å². The summed E-state index contributed by atoms with van der Waals surface area (Å²) in [6, 6.07) is 9.78. The van der Waals surface area contributed by atoms with Crippen LogP contribution in [0.3, 0.4) is 0 Å². The third kappa shape index (κ3) is 4.72. The molecule has 0 atom stereocenters. The largest absolute Gasteiger partial charge is 0.339 e. The van der Waals surface area contributed by atoms with Gasteiger partial charge in [0.05, 0.1) is 0 Å². The monoisotopic (exact) mass is 300 g/mol. The summed E-state index contributed by atoms with van der Waals surface area (Å²) in [7, 11) is 0. The van der Waals surface area contributed by atoms with E-state index in [-0.39, 0.29) is 11.8 Å². The zero-order valence-electron chi connectivity index (χ0n) is 13.2. The van der Waals surface area contributed by atoms with Gasteiger partial charge in [-0.25, -0.2) is 0 Å². The number of hydrogen-bond donors (Lipinski definition) is 0. The molecule has 0 saturated carbocycles. The first-order valence-corrected chi connectivity index (χ1v) is 8.00. The average molecular weight is 300 g/mol. The molecule has 2 rings (SSSR count). The highest BCUT2D eigenvalue weighted by Gasteiger charge is 2.22. The summed E-state index contributed by atoms with van der Waals surface area (Å²) in [6.45, 7) is 4.62. The summed E-state index contributed by atoms with van der Waals surface area (Å²) in [6.07, 6.45) is 6.05. The van der Waals surface area contributed by atoms with E-state index in [1.165, 1.54) is 0 Å². The van der Waals surface area contributed by atoms with Crippen LogP contribution in [0.4, 0.5) is 0 Å². The zero-order chi connectivity index (χ0) is 15.8. The number of piperazine rings is 1. The Morgan fingerprint density at radius 2 is 1.68 bits per heavy atom. The van der Waals surface area contributed by atoms with E-state index < -0.39 is 0 Å². The van der Waals surface area contributed by atoms with Crippen LogP contribution in [0.2, 0.25) is 0 Å². The summed E-state index contributed by atoms with van der Waals surface area (Å²) >= 11 is 0. The molecule has 1 aromatic carbocycles. The van der Waals surface area contributed by atoms with Crippen molar-refractivity contribution in [3.05, 3.63) is 42.0 Å². The lowest BCUT2D eigenvalue weighted by Crippen LogP contribution is -2.50. The Bertz CT molecular complexity index is 517. The van der Waals surface area contributed by atoms with Gasteiger partial charge in [0.1, 0.15) is 0 Å². The Morgan fingerprint density at radius 3 is 2.32 bits per heavy atom. The number of nitrogens with zero attached hydrogens (tertiary/aromatic N) is 2. The number of benzene rings is 1.